The van der Waals surface area contributed by atoms with Crippen LogP contribution in [-0.2, 0) is 7.05 Å². The highest BCUT2D eigenvalue weighted by molar-refractivity contribution is 6.28. The highest BCUT2D eigenvalue weighted by atomic mass is 35.5. The number of ether oxygens (including phenoxy) is 2. The first kappa shape index (κ1) is 21.0. The van der Waals surface area contributed by atoms with Gasteiger partial charge in [-0.25, -0.2) is 9.78 Å². The van der Waals surface area contributed by atoms with Crippen LogP contribution in [0.25, 0.3) is 21.8 Å². The van der Waals surface area contributed by atoms with Crippen LogP contribution in [-0.4, -0.2) is 39.0 Å². The minimum Gasteiger partial charge on any atom is -0.454 e. The fraction of sp³-hybridized carbons (Fsp3) is 0.333. The number of nitrogens with zero attached hydrogens (tertiary/aromatic N) is 5. The molecule has 0 radical (unpaired) electrons. The summed E-state index contributed by atoms with van der Waals surface area (Å²) in [4.78, 5) is 37.4. The molecule has 1 fully saturated rings. The number of benzene rings is 2. The SMILES string of the molecule is Cc1ccc2c(c1)c(=O)n(C1CCN(c3nc(Cl)nc4cc5c(cc34)OCO5)CC1)c(=O)n2C. The molecule has 10 heteroatoms. The first-order valence-corrected chi connectivity index (χ1v) is 11.5. The number of fused-ring (bicyclic) bond motifs is 3. The normalized spacial score (nSPS) is 16.0. The van der Waals surface area contributed by atoms with E-state index in [9.17, 15) is 9.59 Å². The largest absolute Gasteiger partial charge is 0.454 e. The molecule has 0 aliphatic carbocycles. The number of piperidine rings is 1. The molecule has 0 N–H and O–H groups in total. The van der Waals surface area contributed by atoms with Crippen molar-refractivity contribution in [1.29, 1.82) is 0 Å². The van der Waals surface area contributed by atoms with Crippen molar-refractivity contribution < 1.29 is 9.47 Å². The van der Waals surface area contributed by atoms with Crippen molar-refractivity contribution in [1.82, 2.24) is 19.1 Å². The van der Waals surface area contributed by atoms with Gasteiger partial charge in [0.1, 0.15) is 5.82 Å². The Bertz CT molecular complexity index is 1590. The summed E-state index contributed by atoms with van der Waals surface area (Å²) in [5.41, 5.74) is 1.79. The van der Waals surface area contributed by atoms with Crippen LogP contribution in [0.1, 0.15) is 24.4 Å². The van der Waals surface area contributed by atoms with Gasteiger partial charge in [0, 0.05) is 37.6 Å². The second kappa shape index (κ2) is 7.73. The predicted molar refractivity (Wildman–Crippen MR) is 129 cm³/mol. The molecule has 0 spiro atoms. The van der Waals surface area contributed by atoms with Crippen molar-refractivity contribution in [3.8, 4) is 11.5 Å². The maximum atomic E-state index is 13.3. The number of hydrogen-bond donors (Lipinski definition) is 0. The van der Waals surface area contributed by atoms with Crippen LogP contribution in [0.2, 0.25) is 5.28 Å². The van der Waals surface area contributed by atoms with Gasteiger partial charge in [-0.3, -0.25) is 13.9 Å². The van der Waals surface area contributed by atoms with Gasteiger partial charge in [-0.2, -0.15) is 4.98 Å². The van der Waals surface area contributed by atoms with Crippen LogP contribution in [0.5, 0.6) is 11.5 Å². The number of halogens is 1. The molecule has 0 atom stereocenters. The van der Waals surface area contributed by atoms with Crippen molar-refractivity contribution in [3.05, 3.63) is 62.0 Å². The number of aryl methyl sites for hydroxylation is 2. The van der Waals surface area contributed by atoms with Crippen molar-refractivity contribution >= 4 is 39.2 Å². The van der Waals surface area contributed by atoms with Crippen LogP contribution in [0.3, 0.4) is 0 Å². The Hall–Kier alpha value is -3.59. The van der Waals surface area contributed by atoms with Gasteiger partial charge in [0.25, 0.3) is 5.56 Å². The van der Waals surface area contributed by atoms with Gasteiger partial charge in [-0.1, -0.05) is 11.6 Å². The average molecular weight is 480 g/mol. The molecule has 34 heavy (non-hydrogen) atoms. The molecule has 0 bridgehead atoms. The van der Waals surface area contributed by atoms with Gasteiger partial charge in [0.15, 0.2) is 11.5 Å². The van der Waals surface area contributed by atoms with Crippen LogP contribution in [0, 0.1) is 6.92 Å². The summed E-state index contributed by atoms with van der Waals surface area (Å²) in [5.74, 6) is 1.99. The molecule has 2 aliphatic rings. The van der Waals surface area contributed by atoms with Gasteiger partial charge in [0.05, 0.1) is 16.4 Å². The molecule has 1 saturated heterocycles. The lowest BCUT2D eigenvalue weighted by atomic mass is 10.0. The average Bonchev–Trinajstić information content (AvgIpc) is 3.29. The second-order valence-corrected chi connectivity index (χ2v) is 9.13. The summed E-state index contributed by atoms with van der Waals surface area (Å²) in [7, 11) is 1.71. The fourth-order valence-electron chi connectivity index (χ4n) is 4.97. The van der Waals surface area contributed by atoms with E-state index in [2.05, 4.69) is 14.9 Å². The lowest BCUT2D eigenvalue weighted by Gasteiger charge is -2.34. The minimum atomic E-state index is -0.289. The van der Waals surface area contributed by atoms with Gasteiger partial charge in [-0.15, -0.1) is 0 Å². The highest BCUT2D eigenvalue weighted by Gasteiger charge is 2.27. The third kappa shape index (κ3) is 3.22. The summed E-state index contributed by atoms with van der Waals surface area (Å²) >= 11 is 6.24. The molecule has 6 rings (SSSR count). The van der Waals surface area contributed by atoms with E-state index in [0.29, 0.717) is 59.7 Å². The second-order valence-electron chi connectivity index (χ2n) is 8.79. The van der Waals surface area contributed by atoms with Crippen molar-refractivity contribution in [2.75, 3.05) is 24.8 Å². The third-order valence-corrected chi connectivity index (χ3v) is 6.90. The Morgan fingerprint density at radius 2 is 1.74 bits per heavy atom. The summed E-state index contributed by atoms with van der Waals surface area (Å²) in [6.07, 6.45) is 1.25. The molecule has 2 aliphatic heterocycles. The lowest BCUT2D eigenvalue weighted by molar-refractivity contribution is 0.174. The molecular formula is C24H22ClN5O4. The molecular weight excluding hydrogens is 458 g/mol. The maximum Gasteiger partial charge on any atom is 0.331 e. The summed E-state index contributed by atoms with van der Waals surface area (Å²) in [6, 6.07) is 9.08. The standard InChI is InChI=1S/C24H22ClN5O4/c1-13-3-4-18-16(9-13)22(31)30(24(32)28(18)2)14-5-7-29(8-6-14)21-15-10-19-20(34-12-33-19)11-17(15)26-23(25)27-21/h3-4,9-11,14H,5-8,12H2,1-2H3. The van der Waals surface area contributed by atoms with Crippen LogP contribution >= 0.6 is 11.6 Å². The zero-order valence-electron chi connectivity index (χ0n) is 18.7. The van der Waals surface area contributed by atoms with E-state index in [1.165, 1.54) is 4.57 Å². The van der Waals surface area contributed by atoms with Gasteiger partial charge >= 0.3 is 5.69 Å². The summed E-state index contributed by atoms with van der Waals surface area (Å²) in [5, 5.41) is 1.54. The Kier molecular flexibility index (Phi) is 4.77. The fourth-order valence-corrected chi connectivity index (χ4v) is 5.14. The monoisotopic (exact) mass is 479 g/mol. The zero-order valence-corrected chi connectivity index (χ0v) is 19.5. The number of hydrogen-bond acceptors (Lipinski definition) is 7. The molecule has 0 unspecified atom stereocenters. The van der Waals surface area contributed by atoms with Crippen LogP contribution in [0.15, 0.2) is 39.9 Å². The quantitative estimate of drug-likeness (QED) is 0.408. The molecule has 0 amide bonds. The summed E-state index contributed by atoms with van der Waals surface area (Å²) in [6.45, 7) is 3.34. The first-order valence-electron chi connectivity index (χ1n) is 11.1. The molecule has 9 nitrogen and oxygen atoms in total. The maximum absolute atomic E-state index is 13.3. The van der Waals surface area contributed by atoms with E-state index >= 15 is 0 Å². The van der Waals surface area contributed by atoms with E-state index in [4.69, 9.17) is 21.1 Å². The molecule has 174 valence electrons. The molecule has 4 aromatic rings. The third-order valence-electron chi connectivity index (χ3n) is 6.73. The Morgan fingerprint density at radius 3 is 2.50 bits per heavy atom. The van der Waals surface area contributed by atoms with Gasteiger partial charge in [0.2, 0.25) is 12.1 Å². The lowest BCUT2D eigenvalue weighted by Crippen LogP contribution is -2.45. The molecule has 4 heterocycles. The predicted octanol–water partition coefficient (Wildman–Crippen LogP) is 3.18. The van der Waals surface area contributed by atoms with E-state index in [1.807, 2.05) is 37.3 Å². The van der Waals surface area contributed by atoms with Crippen molar-refractivity contribution in [3.63, 3.8) is 0 Å². The van der Waals surface area contributed by atoms with Crippen molar-refractivity contribution in [2.24, 2.45) is 7.05 Å². The Labute approximate surface area is 199 Å². The smallest absolute Gasteiger partial charge is 0.331 e. The summed E-state index contributed by atoms with van der Waals surface area (Å²) < 4.78 is 14.0. The highest BCUT2D eigenvalue weighted by Crippen LogP contribution is 2.39. The number of rotatable bonds is 2. The van der Waals surface area contributed by atoms with Crippen LogP contribution < -0.4 is 25.6 Å². The molecule has 2 aromatic carbocycles. The first-order chi connectivity index (χ1) is 16.4. The number of anilines is 1. The molecule has 0 saturated carbocycles. The van der Waals surface area contributed by atoms with Gasteiger partial charge in [-0.05, 0) is 49.6 Å². The van der Waals surface area contributed by atoms with E-state index in [1.54, 1.807) is 11.6 Å². The van der Waals surface area contributed by atoms with E-state index in [-0.39, 0.29) is 29.4 Å². The van der Waals surface area contributed by atoms with E-state index < -0.39 is 0 Å². The molecule has 2 aromatic heterocycles. The minimum absolute atomic E-state index is 0.151. The Balaban J connectivity index is 1.35. The number of aromatic nitrogens is 4. The zero-order chi connectivity index (χ0) is 23.6. The topological polar surface area (TPSA) is 91.5 Å². The van der Waals surface area contributed by atoms with Gasteiger partial charge < -0.3 is 14.4 Å². The van der Waals surface area contributed by atoms with Crippen molar-refractivity contribution in [2.45, 2.75) is 25.8 Å². The van der Waals surface area contributed by atoms with Crippen LogP contribution in [0.4, 0.5) is 5.82 Å². The Morgan fingerprint density at radius 1 is 1.00 bits per heavy atom. The van der Waals surface area contributed by atoms with E-state index in [0.717, 1.165) is 10.9 Å².